The van der Waals surface area contributed by atoms with Crippen molar-refractivity contribution in [3.05, 3.63) is 0 Å². The third-order valence-electron chi connectivity index (χ3n) is 3.93. The summed E-state index contributed by atoms with van der Waals surface area (Å²) in [5.74, 6) is 1.24. The summed E-state index contributed by atoms with van der Waals surface area (Å²) in [6.45, 7) is 8.71. The average Bonchev–Trinajstić information content (AvgIpc) is 3.15. The number of hydrogen-bond acceptors (Lipinski definition) is 6. The fourth-order valence-corrected chi connectivity index (χ4v) is 4.35. The summed E-state index contributed by atoms with van der Waals surface area (Å²) in [5.41, 5.74) is 0. The minimum atomic E-state index is 0.0879. The van der Waals surface area contributed by atoms with Gasteiger partial charge in [0.05, 0.1) is 5.75 Å². The van der Waals surface area contributed by atoms with Crippen LogP contribution in [-0.4, -0.2) is 41.0 Å². The van der Waals surface area contributed by atoms with Crippen LogP contribution in [0, 0.1) is 5.92 Å². The van der Waals surface area contributed by atoms with E-state index in [1.54, 1.807) is 11.3 Å². The Hall–Kier alpha value is -0.820. The molecule has 0 radical (unpaired) electrons. The van der Waals surface area contributed by atoms with Crippen LogP contribution in [0.1, 0.15) is 52.9 Å². The van der Waals surface area contributed by atoms with Crippen molar-refractivity contribution in [2.45, 2.75) is 63.3 Å². The van der Waals surface area contributed by atoms with Crippen LogP contribution in [0.3, 0.4) is 0 Å². The lowest BCUT2D eigenvalue weighted by atomic mass is 10.0. The zero-order valence-corrected chi connectivity index (χ0v) is 16.0. The highest BCUT2D eigenvalue weighted by molar-refractivity contribution is 8.01. The van der Waals surface area contributed by atoms with E-state index in [1.165, 1.54) is 37.4 Å². The van der Waals surface area contributed by atoms with Gasteiger partial charge in [0.25, 0.3) is 0 Å². The van der Waals surface area contributed by atoms with Gasteiger partial charge in [0.2, 0.25) is 11.0 Å². The van der Waals surface area contributed by atoms with E-state index < -0.39 is 0 Å². The molecule has 0 aliphatic carbocycles. The average molecular weight is 357 g/mol. The van der Waals surface area contributed by atoms with E-state index in [9.17, 15) is 4.79 Å². The lowest BCUT2D eigenvalue weighted by Crippen LogP contribution is -2.33. The minimum absolute atomic E-state index is 0.0879. The summed E-state index contributed by atoms with van der Waals surface area (Å²) in [4.78, 5) is 14.3. The van der Waals surface area contributed by atoms with Gasteiger partial charge in [-0.25, -0.2) is 0 Å². The smallest absolute Gasteiger partial charge is 0.230 e. The second-order valence-electron chi connectivity index (χ2n) is 6.63. The standard InChI is InChI=1S/C16H28N4OS2/c1-12(2)7-6-8-13(3)17-14(21)11-22-16-19-18-15(23-16)20-9-4-5-10-20/h12-13H,4-11H2,1-3H3,(H,17,21). The first kappa shape index (κ1) is 18.5. The lowest BCUT2D eigenvalue weighted by molar-refractivity contribution is -0.119. The maximum absolute atomic E-state index is 12.0. The molecule has 0 bridgehead atoms. The maximum Gasteiger partial charge on any atom is 0.230 e. The van der Waals surface area contributed by atoms with Gasteiger partial charge in [-0.05, 0) is 32.1 Å². The van der Waals surface area contributed by atoms with Crippen LogP contribution in [0.5, 0.6) is 0 Å². The van der Waals surface area contributed by atoms with Gasteiger partial charge in [0, 0.05) is 19.1 Å². The van der Waals surface area contributed by atoms with Gasteiger partial charge in [-0.1, -0.05) is 49.8 Å². The molecular formula is C16H28N4OS2. The number of anilines is 1. The van der Waals surface area contributed by atoms with Crippen LogP contribution in [0.2, 0.25) is 0 Å². The molecule has 1 aromatic rings. The van der Waals surface area contributed by atoms with Gasteiger partial charge in [-0.15, -0.1) is 10.2 Å². The molecule has 5 nitrogen and oxygen atoms in total. The molecule has 2 heterocycles. The number of carbonyl (C=O) groups is 1. The summed E-state index contributed by atoms with van der Waals surface area (Å²) in [6.07, 6.45) is 5.91. The van der Waals surface area contributed by atoms with Crippen molar-refractivity contribution in [3.63, 3.8) is 0 Å². The Kier molecular flexibility index (Phi) is 7.62. The van der Waals surface area contributed by atoms with E-state index in [2.05, 4.69) is 41.2 Å². The van der Waals surface area contributed by atoms with E-state index in [4.69, 9.17) is 0 Å². The molecule has 1 atom stereocenters. The predicted octanol–water partition coefficient (Wildman–Crippen LogP) is 3.56. The zero-order chi connectivity index (χ0) is 16.7. The fourth-order valence-electron chi connectivity index (χ4n) is 2.65. The largest absolute Gasteiger partial charge is 0.353 e. The molecule has 1 aromatic heterocycles. The molecule has 1 unspecified atom stereocenters. The summed E-state index contributed by atoms with van der Waals surface area (Å²) in [7, 11) is 0. The maximum atomic E-state index is 12.0. The molecule has 1 aliphatic heterocycles. The number of aromatic nitrogens is 2. The van der Waals surface area contributed by atoms with Gasteiger partial charge in [-0.2, -0.15) is 0 Å². The molecule has 0 saturated carbocycles. The molecule has 1 amide bonds. The van der Waals surface area contributed by atoms with Crippen LogP contribution in [0.25, 0.3) is 0 Å². The highest BCUT2D eigenvalue weighted by Gasteiger charge is 2.17. The molecule has 1 N–H and O–H groups in total. The number of nitrogens with one attached hydrogen (secondary N) is 1. The molecule has 1 fully saturated rings. The van der Waals surface area contributed by atoms with Gasteiger partial charge in [-0.3, -0.25) is 4.79 Å². The predicted molar refractivity (Wildman–Crippen MR) is 98.4 cm³/mol. The molecule has 1 saturated heterocycles. The van der Waals surface area contributed by atoms with E-state index >= 15 is 0 Å². The Morgan fingerprint density at radius 2 is 2.00 bits per heavy atom. The lowest BCUT2D eigenvalue weighted by Gasteiger charge is -2.14. The van der Waals surface area contributed by atoms with Crippen molar-refractivity contribution in [3.8, 4) is 0 Å². The Bertz CT molecular complexity index is 486. The Morgan fingerprint density at radius 3 is 2.70 bits per heavy atom. The van der Waals surface area contributed by atoms with E-state index in [1.807, 2.05) is 0 Å². The molecule has 23 heavy (non-hydrogen) atoms. The Morgan fingerprint density at radius 1 is 1.26 bits per heavy atom. The number of rotatable bonds is 9. The van der Waals surface area contributed by atoms with Crippen molar-refractivity contribution in [2.75, 3.05) is 23.7 Å². The third kappa shape index (κ3) is 6.67. The second kappa shape index (κ2) is 9.47. The van der Waals surface area contributed by atoms with Crippen LogP contribution >= 0.6 is 23.1 Å². The van der Waals surface area contributed by atoms with Crippen molar-refractivity contribution in [2.24, 2.45) is 5.92 Å². The highest BCUT2D eigenvalue weighted by Crippen LogP contribution is 2.29. The first-order valence-electron chi connectivity index (χ1n) is 8.55. The monoisotopic (exact) mass is 356 g/mol. The normalized spacial score (nSPS) is 16.1. The summed E-state index contributed by atoms with van der Waals surface area (Å²) < 4.78 is 0.884. The molecule has 130 valence electrons. The van der Waals surface area contributed by atoms with Gasteiger partial charge < -0.3 is 10.2 Å². The fraction of sp³-hybridized carbons (Fsp3) is 0.812. The SMILES string of the molecule is CC(C)CCCC(C)NC(=O)CSc1nnc(N2CCCC2)s1. The minimum Gasteiger partial charge on any atom is -0.353 e. The molecule has 0 aromatic carbocycles. The van der Waals surface area contributed by atoms with Crippen LogP contribution < -0.4 is 10.2 Å². The van der Waals surface area contributed by atoms with Crippen molar-refractivity contribution in [1.29, 1.82) is 0 Å². The second-order valence-corrected chi connectivity index (χ2v) is 8.81. The number of amides is 1. The first-order chi connectivity index (χ1) is 11.0. The number of carbonyl (C=O) groups excluding carboxylic acids is 1. The molecular weight excluding hydrogens is 328 g/mol. The quantitative estimate of drug-likeness (QED) is 0.686. The van der Waals surface area contributed by atoms with E-state index in [-0.39, 0.29) is 11.9 Å². The Labute approximate surface area is 147 Å². The van der Waals surface area contributed by atoms with E-state index in [0.717, 1.165) is 34.9 Å². The molecule has 0 spiro atoms. The van der Waals surface area contributed by atoms with E-state index in [0.29, 0.717) is 5.75 Å². The van der Waals surface area contributed by atoms with Crippen molar-refractivity contribution < 1.29 is 4.79 Å². The van der Waals surface area contributed by atoms with Crippen molar-refractivity contribution >= 4 is 34.1 Å². The van der Waals surface area contributed by atoms with Crippen LogP contribution in [0.4, 0.5) is 5.13 Å². The molecule has 2 rings (SSSR count). The molecule has 7 heteroatoms. The first-order valence-corrected chi connectivity index (χ1v) is 10.4. The zero-order valence-electron chi connectivity index (χ0n) is 14.4. The van der Waals surface area contributed by atoms with Gasteiger partial charge in [0.15, 0.2) is 4.34 Å². The topological polar surface area (TPSA) is 58.1 Å². The van der Waals surface area contributed by atoms with Crippen molar-refractivity contribution in [1.82, 2.24) is 15.5 Å². The van der Waals surface area contributed by atoms with Crippen LogP contribution in [0.15, 0.2) is 4.34 Å². The summed E-state index contributed by atoms with van der Waals surface area (Å²) in [5, 5.41) is 12.5. The van der Waals surface area contributed by atoms with Gasteiger partial charge in [0.1, 0.15) is 0 Å². The number of hydrogen-bond donors (Lipinski definition) is 1. The summed E-state index contributed by atoms with van der Waals surface area (Å²) in [6, 6.07) is 0.247. The van der Waals surface area contributed by atoms with Gasteiger partial charge >= 0.3 is 0 Å². The molecule has 1 aliphatic rings. The summed E-state index contributed by atoms with van der Waals surface area (Å²) >= 11 is 3.08. The third-order valence-corrected chi connectivity index (χ3v) is 6.04. The number of thioether (sulfide) groups is 1. The highest BCUT2D eigenvalue weighted by atomic mass is 32.2. The number of nitrogens with zero attached hydrogens (tertiary/aromatic N) is 3. The Balaban J connectivity index is 1.65. The van der Waals surface area contributed by atoms with Crippen LogP contribution in [-0.2, 0) is 4.79 Å².